The Morgan fingerprint density at radius 2 is 1.79 bits per heavy atom. The van der Waals surface area contributed by atoms with E-state index < -0.39 is 11.6 Å². The number of nitrogens with one attached hydrogen (secondary N) is 2. The lowest BCUT2D eigenvalue weighted by Gasteiger charge is -2.12. The average Bonchev–Trinajstić information content (AvgIpc) is 2.58. The lowest BCUT2D eigenvalue weighted by Crippen LogP contribution is -2.38. The van der Waals surface area contributed by atoms with Gasteiger partial charge in [-0.1, -0.05) is 30.3 Å². The minimum Gasteiger partial charge on any atom is -0.492 e. The van der Waals surface area contributed by atoms with Crippen molar-refractivity contribution in [3.8, 4) is 5.75 Å². The van der Waals surface area contributed by atoms with Crippen molar-refractivity contribution < 1.29 is 13.5 Å². The highest BCUT2D eigenvalue weighted by Crippen LogP contribution is 2.14. The predicted octanol–water partition coefficient (Wildman–Crippen LogP) is 3.33. The molecule has 0 aliphatic carbocycles. The Hall–Kier alpha value is -1.90. The van der Waals surface area contributed by atoms with E-state index >= 15 is 0 Å². The van der Waals surface area contributed by atoms with E-state index in [2.05, 4.69) is 15.6 Å². The summed E-state index contributed by atoms with van der Waals surface area (Å²) in [7, 11) is 1.68. The molecule has 7 heteroatoms. The Bertz CT molecular complexity index is 654. The van der Waals surface area contributed by atoms with Gasteiger partial charge >= 0.3 is 0 Å². The SMILES string of the molecule is CN=C(NCCOc1ccc(F)c(F)c1)NCc1ccccc1.I. The van der Waals surface area contributed by atoms with Gasteiger partial charge in [0, 0.05) is 19.7 Å². The van der Waals surface area contributed by atoms with Gasteiger partial charge in [0.25, 0.3) is 0 Å². The first-order valence-corrected chi connectivity index (χ1v) is 7.25. The predicted molar refractivity (Wildman–Crippen MR) is 102 cm³/mol. The van der Waals surface area contributed by atoms with Gasteiger partial charge in [0.2, 0.25) is 0 Å². The van der Waals surface area contributed by atoms with E-state index in [-0.39, 0.29) is 29.7 Å². The van der Waals surface area contributed by atoms with Gasteiger partial charge in [-0.2, -0.15) is 0 Å². The molecule has 0 saturated heterocycles. The number of nitrogens with zero attached hydrogens (tertiary/aromatic N) is 1. The van der Waals surface area contributed by atoms with Crippen molar-refractivity contribution in [3.63, 3.8) is 0 Å². The smallest absolute Gasteiger partial charge is 0.191 e. The fourth-order valence-electron chi connectivity index (χ4n) is 1.91. The zero-order valence-corrected chi connectivity index (χ0v) is 15.6. The average molecular weight is 447 g/mol. The van der Waals surface area contributed by atoms with E-state index in [1.165, 1.54) is 6.07 Å². The molecule has 2 aromatic carbocycles. The summed E-state index contributed by atoms with van der Waals surface area (Å²) >= 11 is 0. The zero-order chi connectivity index (χ0) is 16.5. The van der Waals surface area contributed by atoms with Crippen LogP contribution in [0.25, 0.3) is 0 Å². The number of hydrogen-bond acceptors (Lipinski definition) is 2. The Balaban J connectivity index is 0.00000288. The molecule has 0 bridgehead atoms. The second-order valence-electron chi connectivity index (χ2n) is 4.76. The fraction of sp³-hybridized carbons (Fsp3) is 0.235. The largest absolute Gasteiger partial charge is 0.492 e. The summed E-state index contributed by atoms with van der Waals surface area (Å²) in [4.78, 5) is 4.10. The van der Waals surface area contributed by atoms with Crippen molar-refractivity contribution in [3.05, 3.63) is 65.7 Å². The molecule has 0 radical (unpaired) electrons. The molecule has 0 amide bonds. The van der Waals surface area contributed by atoms with Crippen LogP contribution in [0.2, 0.25) is 0 Å². The zero-order valence-electron chi connectivity index (χ0n) is 13.3. The second kappa shape index (κ2) is 10.8. The van der Waals surface area contributed by atoms with E-state index in [1.807, 2.05) is 30.3 Å². The highest BCUT2D eigenvalue weighted by atomic mass is 127. The monoisotopic (exact) mass is 447 g/mol. The molecule has 0 unspecified atom stereocenters. The van der Waals surface area contributed by atoms with Crippen molar-refractivity contribution in [2.75, 3.05) is 20.2 Å². The topological polar surface area (TPSA) is 45.7 Å². The van der Waals surface area contributed by atoms with Crippen LogP contribution >= 0.6 is 24.0 Å². The molecule has 0 fully saturated rings. The molecule has 0 heterocycles. The summed E-state index contributed by atoms with van der Waals surface area (Å²) in [5.74, 6) is -0.877. The number of hydrogen-bond donors (Lipinski definition) is 2. The van der Waals surface area contributed by atoms with Crippen LogP contribution in [0.3, 0.4) is 0 Å². The van der Waals surface area contributed by atoms with Crippen LogP contribution in [0.5, 0.6) is 5.75 Å². The lowest BCUT2D eigenvalue weighted by molar-refractivity contribution is 0.318. The molecule has 0 saturated carbocycles. The van der Waals surface area contributed by atoms with E-state index in [0.29, 0.717) is 25.7 Å². The molecule has 0 aliphatic heterocycles. The van der Waals surface area contributed by atoms with Crippen LogP contribution in [0, 0.1) is 11.6 Å². The third kappa shape index (κ3) is 6.69. The Morgan fingerprint density at radius 1 is 1.04 bits per heavy atom. The molecule has 4 nitrogen and oxygen atoms in total. The van der Waals surface area contributed by atoms with Crippen LogP contribution in [0.15, 0.2) is 53.5 Å². The Labute approximate surface area is 157 Å². The summed E-state index contributed by atoms with van der Waals surface area (Å²) in [5, 5.41) is 6.26. The van der Waals surface area contributed by atoms with Crippen LogP contribution < -0.4 is 15.4 Å². The number of benzene rings is 2. The molecule has 0 aliphatic rings. The van der Waals surface area contributed by atoms with Crippen LogP contribution in [-0.4, -0.2) is 26.2 Å². The van der Waals surface area contributed by atoms with Gasteiger partial charge in [0.15, 0.2) is 17.6 Å². The van der Waals surface area contributed by atoms with Gasteiger partial charge in [-0.25, -0.2) is 8.78 Å². The summed E-state index contributed by atoms with van der Waals surface area (Å²) in [5.41, 5.74) is 1.15. The number of rotatable bonds is 6. The molecule has 0 atom stereocenters. The molecule has 130 valence electrons. The molecule has 2 rings (SSSR count). The number of guanidine groups is 1. The fourth-order valence-corrected chi connectivity index (χ4v) is 1.91. The van der Waals surface area contributed by atoms with Crippen molar-refractivity contribution in [2.24, 2.45) is 4.99 Å². The molecule has 0 spiro atoms. The Morgan fingerprint density at radius 3 is 2.46 bits per heavy atom. The van der Waals surface area contributed by atoms with Crippen molar-refractivity contribution >= 4 is 29.9 Å². The number of ether oxygens (including phenoxy) is 1. The van der Waals surface area contributed by atoms with E-state index in [1.54, 1.807) is 7.05 Å². The van der Waals surface area contributed by atoms with E-state index in [0.717, 1.165) is 17.7 Å². The maximum Gasteiger partial charge on any atom is 0.191 e. The minimum atomic E-state index is -0.921. The number of halogens is 3. The quantitative estimate of drug-likeness (QED) is 0.309. The highest BCUT2D eigenvalue weighted by Gasteiger charge is 2.03. The Kier molecular flexibility index (Phi) is 9.06. The van der Waals surface area contributed by atoms with E-state index in [9.17, 15) is 8.78 Å². The van der Waals surface area contributed by atoms with Gasteiger partial charge in [-0.15, -0.1) is 24.0 Å². The normalized spacial score (nSPS) is 10.7. The van der Waals surface area contributed by atoms with Gasteiger partial charge in [0.1, 0.15) is 12.4 Å². The van der Waals surface area contributed by atoms with E-state index in [4.69, 9.17) is 4.74 Å². The molecule has 24 heavy (non-hydrogen) atoms. The first-order chi connectivity index (χ1) is 11.2. The molecule has 2 aromatic rings. The molecule has 0 aromatic heterocycles. The van der Waals surface area contributed by atoms with Crippen molar-refractivity contribution in [2.45, 2.75) is 6.54 Å². The highest BCUT2D eigenvalue weighted by molar-refractivity contribution is 14.0. The van der Waals surface area contributed by atoms with Crippen LogP contribution in [-0.2, 0) is 6.54 Å². The molecule has 2 N–H and O–H groups in total. The summed E-state index contributed by atoms with van der Waals surface area (Å²) in [6, 6.07) is 13.4. The number of aliphatic imine (C=N–C) groups is 1. The van der Waals surface area contributed by atoms with Gasteiger partial charge < -0.3 is 15.4 Å². The maximum absolute atomic E-state index is 13.0. The summed E-state index contributed by atoms with van der Waals surface area (Å²) in [6.45, 7) is 1.44. The minimum absolute atomic E-state index is 0. The molecular weight excluding hydrogens is 427 g/mol. The third-order valence-electron chi connectivity index (χ3n) is 3.08. The lowest BCUT2D eigenvalue weighted by atomic mass is 10.2. The standard InChI is InChI=1S/C17H19F2N3O.HI/c1-20-17(22-12-13-5-3-2-4-6-13)21-9-10-23-14-7-8-15(18)16(19)11-14;/h2-8,11H,9-10,12H2,1H3,(H2,20,21,22);1H. The van der Waals surface area contributed by atoms with Crippen molar-refractivity contribution in [1.82, 2.24) is 10.6 Å². The van der Waals surface area contributed by atoms with Crippen LogP contribution in [0.4, 0.5) is 8.78 Å². The third-order valence-corrected chi connectivity index (χ3v) is 3.08. The van der Waals surface area contributed by atoms with Gasteiger partial charge in [-0.3, -0.25) is 4.99 Å². The summed E-state index contributed by atoms with van der Waals surface area (Å²) < 4.78 is 31.2. The van der Waals surface area contributed by atoms with Gasteiger partial charge in [-0.05, 0) is 17.7 Å². The maximum atomic E-state index is 13.0. The summed E-state index contributed by atoms with van der Waals surface area (Å²) in [6.07, 6.45) is 0. The first kappa shape index (κ1) is 20.1. The van der Waals surface area contributed by atoms with Crippen molar-refractivity contribution in [1.29, 1.82) is 0 Å². The molecular formula is C17H20F2IN3O. The van der Waals surface area contributed by atoms with Gasteiger partial charge in [0.05, 0.1) is 6.54 Å². The van der Waals surface area contributed by atoms with Crippen LogP contribution in [0.1, 0.15) is 5.56 Å². The first-order valence-electron chi connectivity index (χ1n) is 7.25. The second-order valence-corrected chi connectivity index (χ2v) is 4.76.